The predicted octanol–water partition coefficient (Wildman–Crippen LogP) is 1.27. The molecule has 8 nitrogen and oxygen atoms in total. The molecule has 0 radical (unpaired) electrons. The molecule has 1 aromatic carbocycles. The fraction of sp³-hybridized carbons (Fsp3) is 0.368. The fourth-order valence-electron chi connectivity index (χ4n) is 3.35. The zero-order valence-corrected chi connectivity index (χ0v) is 15.2. The highest BCUT2D eigenvalue weighted by Gasteiger charge is 2.17. The maximum Gasteiger partial charge on any atom is 0.255 e. The lowest BCUT2D eigenvalue weighted by Crippen LogP contribution is -2.40. The van der Waals surface area contributed by atoms with Crippen LogP contribution in [0.25, 0.3) is 5.65 Å². The van der Waals surface area contributed by atoms with Crippen molar-refractivity contribution < 1.29 is 9.53 Å². The Hall–Kier alpha value is -2.84. The van der Waals surface area contributed by atoms with E-state index in [1.807, 2.05) is 12.1 Å². The van der Waals surface area contributed by atoms with Gasteiger partial charge in [0.05, 0.1) is 18.3 Å². The summed E-state index contributed by atoms with van der Waals surface area (Å²) in [5, 5.41) is 14.3. The number of nitrogens with zero attached hydrogens (tertiary/aromatic N) is 5. The Balaban J connectivity index is 1.39. The number of ether oxygens (including phenoxy) is 1. The van der Waals surface area contributed by atoms with Crippen molar-refractivity contribution in [3.63, 3.8) is 0 Å². The summed E-state index contributed by atoms with van der Waals surface area (Å²) in [6, 6.07) is 11.8. The van der Waals surface area contributed by atoms with E-state index in [0.717, 1.165) is 31.8 Å². The van der Waals surface area contributed by atoms with Crippen molar-refractivity contribution in [2.75, 3.05) is 19.7 Å². The molecule has 0 bridgehead atoms. The second-order valence-corrected chi connectivity index (χ2v) is 6.79. The molecular formula is C19H22N6O2. The Bertz CT molecular complexity index is 941. The summed E-state index contributed by atoms with van der Waals surface area (Å²) in [5.74, 6) is -0.192. The maximum absolute atomic E-state index is 12.5. The molecule has 140 valence electrons. The van der Waals surface area contributed by atoms with Gasteiger partial charge in [0.25, 0.3) is 5.91 Å². The molecule has 1 unspecified atom stereocenters. The minimum Gasteiger partial charge on any atom is -0.376 e. The van der Waals surface area contributed by atoms with Crippen LogP contribution in [0.1, 0.15) is 28.4 Å². The van der Waals surface area contributed by atoms with E-state index in [2.05, 4.69) is 44.8 Å². The van der Waals surface area contributed by atoms with E-state index in [-0.39, 0.29) is 12.0 Å². The molecule has 3 heterocycles. The molecule has 1 aliphatic rings. The Morgan fingerprint density at radius 2 is 2.19 bits per heavy atom. The Morgan fingerprint density at radius 1 is 1.30 bits per heavy atom. The predicted molar refractivity (Wildman–Crippen MR) is 99.1 cm³/mol. The number of amides is 1. The highest BCUT2D eigenvalue weighted by molar-refractivity contribution is 5.99. The average molecular weight is 366 g/mol. The molecule has 0 saturated carbocycles. The van der Waals surface area contributed by atoms with Gasteiger partial charge in [0, 0.05) is 32.4 Å². The molecule has 2 aromatic heterocycles. The molecule has 1 saturated heterocycles. The third-order valence-electron chi connectivity index (χ3n) is 4.64. The molecule has 1 aliphatic heterocycles. The van der Waals surface area contributed by atoms with Crippen molar-refractivity contribution in [3.05, 3.63) is 59.3 Å². The summed E-state index contributed by atoms with van der Waals surface area (Å²) in [5.41, 5.74) is 3.21. The number of benzene rings is 1. The lowest BCUT2D eigenvalue weighted by molar-refractivity contribution is -0.0212. The number of nitrogens with one attached hydrogen (secondary N) is 1. The molecule has 0 spiro atoms. The van der Waals surface area contributed by atoms with Gasteiger partial charge in [-0.25, -0.2) is 0 Å². The number of hydrogen-bond donors (Lipinski definition) is 1. The topological polar surface area (TPSA) is 84.7 Å². The minimum absolute atomic E-state index is 0.192. The van der Waals surface area contributed by atoms with Gasteiger partial charge in [0.1, 0.15) is 0 Å². The van der Waals surface area contributed by atoms with Crippen LogP contribution in [0.5, 0.6) is 0 Å². The first-order valence-corrected chi connectivity index (χ1v) is 9.06. The van der Waals surface area contributed by atoms with Crippen molar-refractivity contribution in [2.24, 2.45) is 0 Å². The first-order valence-electron chi connectivity index (χ1n) is 9.06. The van der Waals surface area contributed by atoms with Gasteiger partial charge < -0.3 is 10.1 Å². The van der Waals surface area contributed by atoms with Crippen molar-refractivity contribution in [3.8, 4) is 0 Å². The molecule has 4 rings (SSSR count). The second kappa shape index (κ2) is 7.81. The Morgan fingerprint density at radius 3 is 3.07 bits per heavy atom. The molecule has 1 N–H and O–H groups in total. The molecular weight excluding hydrogens is 344 g/mol. The third kappa shape index (κ3) is 4.12. The lowest BCUT2D eigenvalue weighted by atomic mass is 10.1. The van der Waals surface area contributed by atoms with Crippen LogP contribution in [0, 0.1) is 0 Å². The van der Waals surface area contributed by atoms with Gasteiger partial charge in [-0.3, -0.25) is 9.69 Å². The van der Waals surface area contributed by atoms with E-state index in [0.29, 0.717) is 17.8 Å². The number of aromatic nitrogens is 4. The number of hydrogen-bond acceptors (Lipinski definition) is 6. The highest BCUT2D eigenvalue weighted by Crippen LogP contribution is 2.13. The zero-order valence-electron chi connectivity index (χ0n) is 15.2. The summed E-state index contributed by atoms with van der Waals surface area (Å²) in [4.78, 5) is 14.9. The zero-order chi connectivity index (χ0) is 18.6. The van der Waals surface area contributed by atoms with Gasteiger partial charge in [0.2, 0.25) is 0 Å². The standard InChI is InChI=1S/C19H22N6O2/c1-14-12-24(8-9-27-14)13-16-5-2-4-15(10-16)11-20-19(26)17-6-3-7-25-18(17)21-22-23-25/h2-7,10,14H,8-9,11-13H2,1H3,(H,20,26). The number of tetrazole rings is 1. The molecule has 1 amide bonds. The van der Waals surface area contributed by atoms with Crippen LogP contribution >= 0.6 is 0 Å². The monoisotopic (exact) mass is 366 g/mol. The van der Waals surface area contributed by atoms with Crippen LogP contribution in [0.2, 0.25) is 0 Å². The Kier molecular flexibility index (Phi) is 5.08. The van der Waals surface area contributed by atoms with Crippen LogP contribution in [-0.4, -0.2) is 56.6 Å². The van der Waals surface area contributed by atoms with Crippen LogP contribution in [0.4, 0.5) is 0 Å². The van der Waals surface area contributed by atoms with Crippen molar-refractivity contribution in [1.82, 2.24) is 30.3 Å². The van der Waals surface area contributed by atoms with Crippen molar-refractivity contribution in [1.29, 1.82) is 0 Å². The number of carbonyl (C=O) groups is 1. The van der Waals surface area contributed by atoms with Gasteiger partial charge in [-0.15, -0.1) is 5.10 Å². The van der Waals surface area contributed by atoms with Gasteiger partial charge in [-0.2, -0.15) is 4.52 Å². The van der Waals surface area contributed by atoms with Gasteiger partial charge in [-0.05, 0) is 40.6 Å². The van der Waals surface area contributed by atoms with E-state index < -0.39 is 0 Å². The van der Waals surface area contributed by atoms with Crippen LogP contribution in [0.15, 0.2) is 42.6 Å². The maximum atomic E-state index is 12.5. The Labute approximate surface area is 157 Å². The van der Waals surface area contributed by atoms with Crippen LogP contribution in [0.3, 0.4) is 0 Å². The van der Waals surface area contributed by atoms with E-state index in [1.54, 1.807) is 18.3 Å². The summed E-state index contributed by atoms with van der Waals surface area (Å²) in [6.07, 6.45) is 1.98. The smallest absolute Gasteiger partial charge is 0.255 e. The molecule has 8 heteroatoms. The summed E-state index contributed by atoms with van der Waals surface area (Å²) in [7, 11) is 0. The van der Waals surface area contributed by atoms with E-state index >= 15 is 0 Å². The van der Waals surface area contributed by atoms with Crippen LogP contribution < -0.4 is 5.32 Å². The summed E-state index contributed by atoms with van der Waals surface area (Å²) < 4.78 is 7.08. The summed E-state index contributed by atoms with van der Waals surface area (Å²) in [6.45, 7) is 6.11. The number of rotatable bonds is 5. The van der Waals surface area contributed by atoms with Crippen molar-refractivity contribution in [2.45, 2.75) is 26.1 Å². The van der Waals surface area contributed by atoms with Crippen molar-refractivity contribution >= 4 is 11.6 Å². The largest absolute Gasteiger partial charge is 0.376 e. The first-order chi connectivity index (χ1) is 13.2. The number of carbonyl (C=O) groups excluding carboxylic acids is 1. The van der Waals surface area contributed by atoms with E-state index in [1.165, 1.54) is 10.1 Å². The minimum atomic E-state index is -0.192. The highest BCUT2D eigenvalue weighted by atomic mass is 16.5. The third-order valence-corrected chi connectivity index (χ3v) is 4.64. The normalized spacial score (nSPS) is 17.9. The molecule has 1 atom stereocenters. The second-order valence-electron chi connectivity index (χ2n) is 6.79. The quantitative estimate of drug-likeness (QED) is 0.732. The number of pyridine rings is 1. The first kappa shape index (κ1) is 17.6. The fourth-order valence-corrected chi connectivity index (χ4v) is 3.35. The number of fused-ring (bicyclic) bond motifs is 1. The molecule has 27 heavy (non-hydrogen) atoms. The lowest BCUT2D eigenvalue weighted by Gasteiger charge is -2.31. The SMILES string of the molecule is CC1CN(Cc2cccc(CNC(=O)c3cccn4nnnc34)c2)CCO1. The molecule has 3 aromatic rings. The van der Waals surface area contributed by atoms with E-state index in [9.17, 15) is 4.79 Å². The van der Waals surface area contributed by atoms with Gasteiger partial charge in [-0.1, -0.05) is 24.3 Å². The molecule has 0 aliphatic carbocycles. The number of morpholine rings is 1. The van der Waals surface area contributed by atoms with Crippen LogP contribution in [-0.2, 0) is 17.8 Å². The van der Waals surface area contributed by atoms with Gasteiger partial charge in [0.15, 0.2) is 5.65 Å². The van der Waals surface area contributed by atoms with E-state index in [4.69, 9.17) is 4.74 Å². The summed E-state index contributed by atoms with van der Waals surface area (Å²) >= 11 is 0. The van der Waals surface area contributed by atoms with Gasteiger partial charge >= 0.3 is 0 Å². The molecule has 1 fully saturated rings. The average Bonchev–Trinajstić information content (AvgIpc) is 3.15.